The normalized spacial score (nSPS) is 19.4. The predicted molar refractivity (Wildman–Crippen MR) is 181 cm³/mol. The van der Waals surface area contributed by atoms with E-state index in [4.69, 9.17) is 0 Å². The molecule has 10 nitrogen and oxygen atoms in total. The van der Waals surface area contributed by atoms with Gasteiger partial charge in [0.1, 0.15) is 28.4 Å². The molecule has 2 aliphatic rings. The van der Waals surface area contributed by atoms with Gasteiger partial charge in [-0.25, -0.2) is 9.37 Å². The number of aromatic nitrogens is 4. The first kappa shape index (κ1) is 34.6. The molecular weight excluding hydrogens is 688 g/mol. The molecule has 2 amide bonds. The van der Waals surface area contributed by atoms with Gasteiger partial charge in [0.2, 0.25) is 5.91 Å². The largest absolute Gasteiger partial charge is 0.433 e. The molecule has 7 rings (SSSR count). The second-order valence-corrected chi connectivity index (χ2v) is 14.3. The minimum Gasteiger partial charge on any atom is -0.388 e. The summed E-state index contributed by atoms with van der Waals surface area (Å²) < 4.78 is 58.1. The van der Waals surface area contributed by atoms with Crippen LogP contribution in [0.1, 0.15) is 46.1 Å². The molecule has 6 heterocycles. The number of aryl methyl sites for hydroxylation is 1. The number of halogens is 4. The van der Waals surface area contributed by atoms with E-state index in [1.807, 2.05) is 30.3 Å². The Morgan fingerprint density at radius 3 is 2.49 bits per heavy atom. The fourth-order valence-electron chi connectivity index (χ4n) is 7.16. The number of thiophene rings is 1. The number of alkyl halides is 3. The summed E-state index contributed by atoms with van der Waals surface area (Å²) in [5.74, 6) is -2.43. The molecule has 0 spiro atoms. The Kier molecular flexibility index (Phi) is 9.04. The van der Waals surface area contributed by atoms with Crippen molar-refractivity contribution in [2.24, 2.45) is 13.0 Å². The SMILES string of the molecule is Cn1ccc2c(=O)n(CC3(O)CCN(C(=O)[C@@H]4CCN(C(=O)c5sc(-c6ccnc(C(F)(F)F)c6)cc5F)C[C@H]4c4ccccc4)CC3)cnc21. The van der Waals surface area contributed by atoms with Crippen LogP contribution < -0.4 is 5.56 Å². The standard InChI is InChI=1S/C36H34F4N6O4S/c1-43-13-8-25-31(43)42-21-46(33(25)48)20-35(50)10-15-44(16-11-35)32(47)24-9-14-45(19-26(24)22-5-3-2-4-6-22)34(49)30-27(37)18-28(51-30)23-7-12-41-29(17-23)36(38,39)40/h2-8,12-13,17-18,21,24,26,50H,9-11,14-16,19-20H2,1H3/t24-,26+/m1/s1. The van der Waals surface area contributed by atoms with E-state index in [1.165, 1.54) is 21.9 Å². The number of fused-ring (bicyclic) bond motifs is 1. The summed E-state index contributed by atoms with van der Waals surface area (Å²) in [5.41, 5.74) is -1.08. The molecule has 2 fully saturated rings. The number of carbonyl (C=O) groups is 2. The Morgan fingerprint density at radius 2 is 1.76 bits per heavy atom. The van der Waals surface area contributed by atoms with Gasteiger partial charge in [0.25, 0.3) is 11.5 Å². The number of nitrogens with zero attached hydrogens (tertiary/aromatic N) is 6. The van der Waals surface area contributed by atoms with Crippen LogP contribution in [0.25, 0.3) is 21.5 Å². The van der Waals surface area contributed by atoms with Gasteiger partial charge in [-0.3, -0.25) is 23.9 Å². The number of carbonyl (C=O) groups excluding carboxylic acids is 2. The number of hydrogen-bond acceptors (Lipinski definition) is 7. The quantitative estimate of drug-likeness (QED) is 0.238. The van der Waals surface area contributed by atoms with Crippen LogP contribution in [-0.2, 0) is 24.6 Å². The van der Waals surface area contributed by atoms with Gasteiger partial charge >= 0.3 is 6.18 Å². The third-order valence-corrected chi connectivity index (χ3v) is 11.1. The van der Waals surface area contributed by atoms with Crippen molar-refractivity contribution in [1.29, 1.82) is 0 Å². The monoisotopic (exact) mass is 722 g/mol. The number of likely N-dealkylation sites (tertiary alicyclic amines) is 2. The van der Waals surface area contributed by atoms with Crippen molar-refractivity contribution in [1.82, 2.24) is 28.9 Å². The van der Waals surface area contributed by atoms with Crippen molar-refractivity contribution < 1.29 is 32.3 Å². The first-order chi connectivity index (χ1) is 24.3. The van der Waals surface area contributed by atoms with Gasteiger partial charge in [0, 0.05) is 62.3 Å². The molecule has 15 heteroatoms. The molecule has 1 N–H and O–H groups in total. The zero-order chi connectivity index (χ0) is 36.1. The number of aliphatic hydroxyl groups is 1. The van der Waals surface area contributed by atoms with Gasteiger partial charge in [-0.05, 0) is 54.7 Å². The second-order valence-electron chi connectivity index (χ2n) is 13.3. The Bertz CT molecular complexity index is 2160. The highest BCUT2D eigenvalue weighted by Gasteiger charge is 2.42. The van der Waals surface area contributed by atoms with Crippen molar-refractivity contribution in [3.63, 3.8) is 0 Å². The summed E-state index contributed by atoms with van der Waals surface area (Å²) in [4.78, 5) is 51.8. The first-order valence-corrected chi connectivity index (χ1v) is 17.3. The number of amides is 2. The van der Waals surface area contributed by atoms with Crippen LogP contribution in [0.4, 0.5) is 17.6 Å². The lowest BCUT2D eigenvalue weighted by Gasteiger charge is -2.43. The van der Waals surface area contributed by atoms with Crippen molar-refractivity contribution in [2.75, 3.05) is 26.2 Å². The number of rotatable bonds is 6. The molecular formula is C36H34F4N6O4S. The first-order valence-electron chi connectivity index (χ1n) is 16.5. The van der Waals surface area contributed by atoms with Crippen molar-refractivity contribution in [3.05, 3.63) is 106 Å². The zero-order valence-corrected chi connectivity index (χ0v) is 28.3. The number of piperidine rings is 2. The van der Waals surface area contributed by atoms with Gasteiger partial charge in [0.15, 0.2) is 0 Å². The Hall–Kier alpha value is -4.89. The van der Waals surface area contributed by atoms with Gasteiger partial charge in [-0.1, -0.05) is 30.3 Å². The predicted octanol–water partition coefficient (Wildman–Crippen LogP) is 5.32. The minimum absolute atomic E-state index is 0.0461. The molecule has 2 atom stereocenters. The lowest BCUT2D eigenvalue weighted by atomic mass is 9.79. The summed E-state index contributed by atoms with van der Waals surface area (Å²) in [6.45, 7) is 0.911. The second kappa shape index (κ2) is 13.3. The number of hydrogen-bond donors (Lipinski definition) is 1. The third kappa shape index (κ3) is 6.79. The van der Waals surface area contributed by atoms with Crippen LogP contribution in [0.2, 0.25) is 0 Å². The fourth-order valence-corrected chi connectivity index (χ4v) is 8.16. The fraction of sp³-hybridized carbons (Fsp3) is 0.361. The van der Waals surface area contributed by atoms with E-state index in [1.54, 1.807) is 28.8 Å². The number of benzene rings is 1. The molecule has 2 aliphatic heterocycles. The van der Waals surface area contributed by atoms with E-state index in [-0.39, 0.29) is 72.3 Å². The van der Waals surface area contributed by atoms with Gasteiger partial charge in [-0.15, -0.1) is 11.3 Å². The molecule has 0 aliphatic carbocycles. The maximum atomic E-state index is 15.2. The molecule has 1 aromatic carbocycles. The van der Waals surface area contributed by atoms with Gasteiger partial charge in [0.05, 0.1) is 17.5 Å². The van der Waals surface area contributed by atoms with Crippen LogP contribution in [0.3, 0.4) is 0 Å². The molecule has 0 saturated carbocycles. The van der Waals surface area contributed by atoms with E-state index in [2.05, 4.69) is 9.97 Å². The number of pyridine rings is 1. The molecule has 0 unspecified atom stereocenters. The Labute approximate surface area is 293 Å². The average molecular weight is 723 g/mol. The minimum atomic E-state index is -4.68. The highest BCUT2D eigenvalue weighted by Crippen LogP contribution is 2.39. The summed E-state index contributed by atoms with van der Waals surface area (Å²) in [6, 6.07) is 14.2. The van der Waals surface area contributed by atoms with E-state index < -0.39 is 41.0 Å². The van der Waals surface area contributed by atoms with Crippen LogP contribution in [0.5, 0.6) is 0 Å². The highest BCUT2D eigenvalue weighted by atomic mass is 32.1. The van der Waals surface area contributed by atoms with E-state index >= 15 is 4.39 Å². The van der Waals surface area contributed by atoms with E-state index in [0.717, 1.165) is 35.2 Å². The lowest BCUT2D eigenvalue weighted by molar-refractivity contribution is -0.142. The molecule has 51 heavy (non-hydrogen) atoms. The summed E-state index contributed by atoms with van der Waals surface area (Å²) >= 11 is 0.777. The Morgan fingerprint density at radius 1 is 1.02 bits per heavy atom. The zero-order valence-electron chi connectivity index (χ0n) is 27.5. The average Bonchev–Trinajstić information content (AvgIpc) is 3.71. The maximum Gasteiger partial charge on any atom is 0.433 e. The maximum absolute atomic E-state index is 15.2. The third-order valence-electron chi connectivity index (χ3n) is 9.98. The summed E-state index contributed by atoms with van der Waals surface area (Å²) in [6.07, 6.45) is 0.332. The molecule has 0 radical (unpaired) electrons. The summed E-state index contributed by atoms with van der Waals surface area (Å²) in [5, 5.41) is 11.9. The molecule has 4 aromatic heterocycles. The van der Waals surface area contributed by atoms with Crippen LogP contribution in [0.15, 0.2) is 78.1 Å². The van der Waals surface area contributed by atoms with Crippen molar-refractivity contribution >= 4 is 34.2 Å². The van der Waals surface area contributed by atoms with Gasteiger partial charge < -0.3 is 19.5 Å². The topological polar surface area (TPSA) is 114 Å². The van der Waals surface area contributed by atoms with Crippen molar-refractivity contribution in [3.8, 4) is 10.4 Å². The van der Waals surface area contributed by atoms with Crippen molar-refractivity contribution in [2.45, 2.75) is 43.5 Å². The molecule has 0 bridgehead atoms. The molecule has 266 valence electrons. The molecule has 5 aromatic rings. The van der Waals surface area contributed by atoms with Gasteiger partial charge in [-0.2, -0.15) is 13.2 Å². The Balaban J connectivity index is 1.05. The van der Waals surface area contributed by atoms with Crippen LogP contribution in [-0.4, -0.2) is 77.6 Å². The smallest absolute Gasteiger partial charge is 0.388 e. The highest BCUT2D eigenvalue weighted by molar-refractivity contribution is 7.17. The van der Waals surface area contributed by atoms with E-state index in [9.17, 15) is 32.7 Å². The lowest BCUT2D eigenvalue weighted by Crippen LogP contribution is -2.53. The summed E-state index contributed by atoms with van der Waals surface area (Å²) in [7, 11) is 1.80. The van der Waals surface area contributed by atoms with Crippen LogP contribution in [0, 0.1) is 11.7 Å². The van der Waals surface area contributed by atoms with Crippen LogP contribution >= 0.6 is 11.3 Å². The molecule has 2 saturated heterocycles. The van der Waals surface area contributed by atoms with E-state index in [0.29, 0.717) is 17.5 Å².